The van der Waals surface area contributed by atoms with E-state index < -0.39 is 6.61 Å². The molecule has 0 unspecified atom stereocenters. The van der Waals surface area contributed by atoms with Crippen molar-refractivity contribution in [1.82, 2.24) is 0 Å². The van der Waals surface area contributed by atoms with Crippen molar-refractivity contribution in [2.45, 2.75) is 19.0 Å². The van der Waals surface area contributed by atoms with Crippen LogP contribution in [-0.2, 0) is 4.79 Å². The first-order chi connectivity index (χ1) is 11.6. The van der Waals surface area contributed by atoms with Crippen LogP contribution in [0, 0.1) is 0 Å². The molecular formula is C18H15F2NO3. The van der Waals surface area contributed by atoms with Crippen molar-refractivity contribution in [3.8, 4) is 5.75 Å². The Hall–Kier alpha value is -2.76. The number of hydrogen-bond acceptors (Lipinski definition) is 3. The van der Waals surface area contributed by atoms with E-state index in [1.165, 1.54) is 17.0 Å². The van der Waals surface area contributed by atoms with Crippen molar-refractivity contribution in [2.24, 2.45) is 0 Å². The van der Waals surface area contributed by atoms with Crippen LogP contribution in [0.1, 0.15) is 28.3 Å². The summed E-state index contributed by atoms with van der Waals surface area (Å²) in [7, 11) is 0. The lowest BCUT2D eigenvalue weighted by atomic mass is 9.98. The zero-order valence-corrected chi connectivity index (χ0v) is 12.7. The predicted octanol–water partition coefficient (Wildman–Crippen LogP) is 3.62. The van der Waals surface area contributed by atoms with Crippen LogP contribution < -0.4 is 9.64 Å². The van der Waals surface area contributed by atoms with Gasteiger partial charge in [-0.1, -0.05) is 30.3 Å². The highest BCUT2D eigenvalue weighted by Gasteiger charge is 2.33. The highest BCUT2D eigenvalue weighted by Crippen LogP contribution is 2.34. The lowest BCUT2D eigenvalue weighted by Gasteiger charge is -2.18. The molecule has 2 aromatic carbocycles. The Kier molecular flexibility index (Phi) is 4.55. The molecule has 1 fully saturated rings. The third kappa shape index (κ3) is 3.13. The first-order valence-electron chi connectivity index (χ1n) is 7.50. The van der Waals surface area contributed by atoms with Crippen LogP contribution in [-0.4, -0.2) is 25.3 Å². The number of anilines is 1. The summed E-state index contributed by atoms with van der Waals surface area (Å²) in [6.45, 7) is -2.56. The van der Waals surface area contributed by atoms with Gasteiger partial charge in [-0.25, -0.2) is 0 Å². The topological polar surface area (TPSA) is 46.6 Å². The molecule has 2 aromatic rings. The van der Waals surface area contributed by atoms with E-state index in [4.69, 9.17) is 0 Å². The molecule has 1 heterocycles. The molecule has 1 saturated heterocycles. The zero-order valence-electron chi connectivity index (χ0n) is 12.7. The Labute approximate surface area is 137 Å². The Bertz CT molecular complexity index is 749. The summed E-state index contributed by atoms with van der Waals surface area (Å²) >= 11 is 0. The zero-order chi connectivity index (χ0) is 17.1. The largest absolute Gasteiger partial charge is 0.434 e. The minimum atomic E-state index is -3.04. The molecule has 0 N–H and O–H groups in total. The second-order valence-electron chi connectivity index (χ2n) is 5.46. The van der Waals surface area contributed by atoms with Crippen LogP contribution in [0.2, 0.25) is 0 Å². The van der Waals surface area contributed by atoms with Gasteiger partial charge in [0.2, 0.25) is 5.91 Å². The van der Waals surface area contributed by atoms with Crippen LogP contribution in [0.4, 0.5) is 14.5 Å². The minimum Gasteiger partial charge on any atom is -0.434 e. The quantitative estimate of drug-likeness (QED) is 0.786. The van der Waals surface area contributed by atoms with Crippen molar-refractivity contribution in [2.75, 3.05) is 11.4 Å². The first kappa shape index (κ1) is 16.1. The van der Waals surface area contributed by atoms with Gasteiger partial charge in [-0.2, -0.15) is 8.78 Å². The van der Waals surface area contributed by atoms with Crippen molar-refractivity contribution < 1.29 is 23.1 Å². The van der Waals surface area contributed by atoms with Gasteiger partial charge >= 0.3 is 6.61 Å². The molecule has 1 atom stereocenters. The fourth-order valence-corrected chi connectivity index (χ4v) is 2.92. The van der Waals surface area contributed by atoms with Crippen LogP contribution in [0.5, 0.6) is 5.75 Å². The Morgan fingerprint density at radius 2 is 1.92 bits per heavy atom. The molecule has 0 spiro atoms. The van der Waals surface area contributed by atoms with E-state index in [9.17, 15) is 18.4 Å². The molecule has 1 amide bonds. The Morgan fingerprint density at radius 1 is 1.17 bits per heavy atom. The van der Waals surface area contributed by atoms with Gasteiger partial charge in [0.25, 0.3) is 0 Å². The summed E-state index contributed by atoms with van der Waals surface area (Å²) in [6.07, 6.45) is 1.09. The van der Waals surface area contributed by atoms with Crippen LogP contribution in [0.3, 0.4) is 0 Å². The number of alkyl halides is 2. The van der Waals surface area contributed by atoms with Gasteiger partial charge in [0.15, 0.2) is 6.29 Å². The van der Waals surface area contributed by atoms with E-state index in [0.29, 0.717) is 24.9 Å². The molecule has 24 heavy (non-hydrogen) atoms. The van der Waals surface area contributed by atoms with E-state index in [0.717, 1.165) is 5.56 Å². The molecule has 124 valence electrons. The summed E-state index contributed by atoms with van der Waals surface area (Å²) in [5.74, 6) is -0.576. The highest BCUT2D eigenvalue weighted by atomic mass is 19.3. The van der Waals surface area contributed by atoms with Crippen LogP contribution in [0.25, 0.3) is 0 Å². The number of benzene rings is 2. The summed E-state index contributed by atoms with van der Waals surface area (Å²) in [5.41, 5.74) is 1.39. The molecule has 0 aliphatic carbocycles. The number of carbonyl (C=O) groups excluding carboxylic acids is 2. The van der Waals surface area contributed by atoms with E-state index >= 15 is 0 Å². The average molecular weight is 331 g/mol. The van der Waals surface area contributed by atoms with Crippen LogP contribution >= 0.6 is 0 Å². The van der Waals surface area contributed by atoms with Gasteiger partial charge in [-0.05, 0) is 24.1 Å². The van der Waals surface area contributed by atoms with Gasteiger partial charge in [-0.3, -0.25) is 9.59 Å². The van der Waals surface area contributed by atoms with Gasteiger partial charge in [0, 0.05) is 18.3 Å². The third-order valence-corrected chi connectivity index (χ3v) is 4.06. The lowest BCUT2D eigenvalue weighted by molar-refractivity contribution is -0.118. The van der Waals surface area contributed by atoms with Gasteiger partial charge in [0.05, 0.1) is 11.5 Å². The van der Waals surface area contributed by atoms with Crippen LogP contribution in [0.15, 0.2) is 48.5 Å². The molecule has 0 aromatic heterocycles. The van der Waals surface area contributed by atoms with E-state index in [1.807, 2.05) is 30.3 Å². The average Bonchev–Trinajstić information content (AvgIpc) is 2.96. The summed E-state index contributed by atoms with van der Waals surface area (Å²) in [5, 5.41) is 0. The SMILES string of the molecule is O=Cc1ccc(N2CC[C@@H](c3ccccc3)C2=O)cc1OC(F)F. The van der Waals surface area contributed by atoms with Crippen molar-refractivity contribution >= 4 is 17.9 Å². The van der Waals surface area contributed by atoms with Gasteiger partial charge in [-0.15, -0.1) is 0 Å². The number of carbonyl (C=O) groups is 2. The second-order valence-corrected chi connectivity index (χ2v) is 5.46. The standard InChI is InChI=1S/C18H15F2NO3/c19-18(20)24-16-10-14(7-6-13(16)11-22)21-9-8-15(17(21)23)12-4-2-1-3-5-12/h1-7,10-11,15,18H,8-9H2/t15-/m0/s1. The number of rotatable bonds is 5. The molecule has 0 radical (unpaired) electrons. The van der Waals surface area contributed by atoms with E-state index in [2.05, 4.69) is 4.74 Å². The fourth-order valence-electron chi connectivity index (χ4n) is 2.92. The Balaban J connectivity index is 1.87. The number of nitrogens with zero attached hydrogens (tertiary/aromatic N) is 1. The molecule has 1 aliphatic heterocycles. The maximum absolute atomic E-state index is 12.7. The number of halogens is 2. The molecule has 0 saturated carbocycles. The molecule has 0 bridgehead atoms. The number of aldehydes is 1. The maximum atomic E-state index is 12.7. The van der Waals surface area contributed by atoms with Crippen molar-refractivity contribution in [3.05, 3.63) is 59.7 Å². The molecular weight excluding hydrogens is 316 g/mol. The van der Waals surface area contributed by atoms with E-state index in [-0.39, 0.29) is 23.1 Å². The predicted molar refractivity (Wildman–Crippen MR) is 84.6 cm³/mol. The monoisotopic (exact) mass is 331 g/mol. The number of ether oxygens (including phenoxy) is 1. The van der Waals surface area contributed by atoms with Crippen molar-refractivity contribution in [1.29, 1.82) is 0 Å². The number of amides is 1. The van der Waals surface area contributed by atoms with Crippen molar-refractivity contribution in [3.63, 3.8) is 0 Å². The molecule has 1 aliphatic rings. The molecule has 4 nitrogen and oxygen atoms in total. The first-order valence-corrected chi connectivity index (χ1v) is 7.50. The molecule has 6 heteroatoms. The molecule has 3 rings (SSSR count). The Morgan fingerprint density at radius 3 is 2.58 bits per heavy atom. The summed E-state index contributed by atoms with van der Waals surface area (Å²) in [6, 6.07) is 13.7. The normalized spacial score (nSPS) is 17.4. The third-order valence-electron chi connectivity index (χ3n) is 4.06. The fraction of sp³-hybridized carbons (Fsp3) is 0.222. The second kappa shape index (κ2) is 6.78. The summed E-state index contributed by atoms with van der Waals surface area (Å²) < 4.78 is 29.4. The highest BCUT2D eigenvalue weighted by molar-refractivity contribution is 6.00. The minimum absolute atomic E-state index is 0.0188. The van der Waals surface area contributed by atoms with Gasteiger partial charge < -0.3 is 9.64 Å². The van der Waals surface area contributed by atoms with Gasteiger partial charge in [0.1, 0.15) is 5.75 Å². The maximum Gasteiger partial charge on any atom is 0.387 e. The smallest absolute Gasteiger partial charge is 0.387 e. The number of hydrogen-bond donors (Lipinski definition) is 0. The summed E-state index contributed by atoms with van der Waals surface area (Å²) in [4.78, 5) is 25.1. The lowest BCUT2D eigenvalue weighted by Crippen LogP contribution is -2.26. The van der Waals surface area contributed by atoms with E-state index in [1.54, 1.807) is 6.07 Å².